The van der Waals surface area contributed by atoms with Gasteiger partial charge in [-0.05, 0) is 30.2 Å². The third-order valence-electron chi connectivity index (χ3n) is 2.49. The maximum Gasteiger partial charge on any atom is 0.381 e. The first kappa shape index (κ1) is 13.4. The zero-order valence-electron chi connectivity index (χ0n) is 9.97. The van der Waals surface area contributed by atoms with Gasteiger partial charge in [0.15, 0.2) is 0 Å². The second-order valence-electron chi connectivity index (χ2n) is 3.83. The van der Waals surface area contributed by atoms with Crippen molar-refractivity contribution in [2.75, 3.05) is 0 Å². The molecule has 4 nitrogen and oxygen atoms in total. The number of rotatable bonds is 4. The highest BCUT2D eigenvalue weighted by Gasteiger charge is 2.15. The summed E-state index contributed by atoms with van der Waals surface area (Å²) >= 11 is 5.96. The van der Waals surface area contributed by atoms with E-state index in [1.807, 2.05) is 18.2 Å². The number of hydrogen-bond donors (Lipinski definition) is 0. The normalized spacial score (nSPS) is 10.2. The molecule has 0 atom stereocenters. The first-order chi connectivity index (χ1) is 9.16. The number of aryl methyl sites for hydroxylation is 1. The maximum atomic E-state index is 11.5. The van der Waals surface area contributed by atoms with Crippen LogP contribution in [-0.2, 0) is 16.0 Å². The lowest BCUT2D eigenvalue weighted by atomic mass is 10.1. The standard InChI is InChI=1S/C14H11ClO4/c15-11-5-2-1-4-10(11)7-8-13(16)19-14(17)12-6-3-9-18-12/h1-6,9H,7-8H2. The van der Waals surface area contributed by atoms with Gasteiger partial charge < -0.3 is 9.15 Å². The number of ether oxygens (including phenoxy) is 1. The summed E-state index contributed by atoms with van der Waals surface area (Å²) in [5.41, 5.74) is 0.839. The minimum absolute atomic E-state index is 0.00564. The molecule has 5 heteroatoms. The summed E-state index contributed by atoms with van der Waals surface area (Å²) in [5, 5.41) is 0.590. The molecule has 0 aliphatic carbocycles. The van der Waals surface area contributed by atoms with Gasteiger partial charge in [0.2, 0.25) is 5.76 Å². The summed E-state index contributed by atoms with van der Waals surface area (Å²) in [4.78, 5) is 22.9. The molecule has 1 heterocycles. The Morgan fingerprint density at radius 2 is 1.95 bits per heavy atom. The van der Waals surface area contributed by atoms with Gasteiger partial charge in [0.1, 0.15) is 0 Å². The molecule has 2 aromatic rings. The smallest absolute Gasteiger partial charge is 0.381 e. The Kier molecular flexibility index (Phi) is 4.36. The van der Waals surface area contributed by atoms with Gasteiger partial charge in [-0.1, -0.05) is 29.8 Å². The molecule has 1 aromatic heterocycles. The lowest BCUT2D eigenvalue weighted by molar-refractivity contribution is -0.138. The van der Waals surface area contributed by atoms with Gasteiger partial charge in [-0.2, -0.15) is 0 Å². The van der Waals surface area contributed by atoms with Crippen LogP contribution in [0.2, 0.25) is 5.02 Å². The molecule has 0 aliphatic heterocycles. The van der Waals surface area contributed by atoms with Gasteiger partial charge in [0, 0.05) is 5.02 Å². The van der Waals surface area contributed by atoms with Crippen LogP contribution in [0.4, 0.5) is 0 Å². The van der Waals surface area contributed by atoms with Crippen LogP contribution >= 0.6 is 11.6 Å². The predicted octanol–water partition coefficient (Wildman–Crippen LogP) is 3.25. The van der Waals surface area contributed by atoms with E-state index in [0.717, 1.165) is 5.56 Å². The van der Waals surface area contributed by atoms with E-state index in [0.29, 0.717) is 11.4 Å². The average molecular weight is 279 g/mol. The van der Waals surface area contributed by atoms with Crippen LogP contribution in [0.25, 0.3) is 0 Å². The molecule has 19 heavy (non-hydrogen) atoms. The quantitative estimate of drug-likeness (QED) is 0.636. The Morgan fingerprint density at radius 3 is 2.63 bits per heavy atom. The summed E-state index contributed by atoms with van der Waals surface area (Å²) in [5.74, 6) is -1.39. The predicted molar refractivity (Wildman–Crippen MR) is 68.9 cm³/mol. The summed E-state index contributed by atoms with van der Waals surface area (Å²) in [7, 11) is 0. The fraction of sp³-hybridized carbons (Fsp3) is 0.143. The largest absolute Gasteiger partial charge is 0.457 e. The van der Waals surface area contributed by atoms with Crippen LogP contribution in [0.1, 0.15) is 22.5 Å². The molecule has 0 N–H and O–H groups in total. The second-order valence-corrected chi connectivity index (χ2v) is 4.24. The summed E-state index contributed by atoms with van der Waals surface area (Å²) in [6, 6.07) is 10.2. The Balaban J connectivity index is 1.85. The van der Waals surface area contributed by atoms with Crippen molar-refractivity contribution in [3.63, 3.8) is 0 Å². The van der Waals surface area contributed by atoms with Crippen molar-refractivity contribution in [1.82, 2.24) is 0 Å². The molecular weight excluding hydrogens is 268 g/mol. The van der Waals surface area contributed by atoms with Gasteiger partial charge in [0.25, 0.3) is 0 Å². The minimum atomic E-state index is -0.783. The molecule has 0 aliphatic rings. The van der Waals surface area contributed by atoms with Crippen molar-refractivity contribution in [1.29, 1.82) is 0 Å². The second kappa shape index (κ2) is 6.20. The highest BCUT2D eigenvalue weighted by atomic mass is 35.5. The van der Waals surface area contributed by atoms with Gasteiger partial charge in [0.05, 0.1) is 12.7 Å². The third-order valence-corrected chi connectivity index (χ3v) is 2.85. The number of esters is 2. The number of benzene rings is 1. The van der Waals surface area contributed by atoms with Gasteiger partial charge >= 0.3 is 11.9 Å². The van der Waals surface area contributed by atoms with Crippen LogP contribution in [-0.4, -0.2) is 11.9 Å². The van der Waals surface area contributed by atoms with E-state index >= 15 is 0 Å². The number of hydrogen-bond acceptors (Lipinski definition) is 4. The number of carbonyl (C=O) groups is 2. The van der Waals surface area contributed by atoms with E-state index in [2.05, 4.69) is 4.74 Å². The molecule has 0 unspecified atom stereocenters. The highest BCUT2D eigenvalue weighted by molar-refractivity contribution is 6.31. The van der Waals surface area contributed by atoms with Crippen LogP contribution < -0.4 is 0 Å². The topological polar surface area (TPSA) is 56.5 Å². The van der Waals surface area contributed by atoms with Crippen LogP contribution in [0, 0.1) is 0 Å². The van der Waals surface area contributed by atoms with E-state index < -0.39 is 11.9 Å². The molecule has 0 saturated carbocycles. The van der Waals surface area contributed by atoms with Crippen molar-refractivity contribution in [2.24, 2.45) is 0 Å². The zero-order valence-corrected chi connectivity index (χ0v) is 10.7. The summed E-state index contributed by atoms with van der Waals surface area (Å²) in [6.45, 7) is 0. The molecule has 0 saturated heterocycles. The Hall–Kier alpha value is -2.07. The molecule has 1 aromatic carbocycles. The average Bonchev–Trinajstić information content (AvgIpc) is 2.91. The lowest BCUT2D eigenvalue weighted by Gasteiger charge is -2.03. The number of furan rings is 1. The number of halogens is 1. The molecule has 0 amide bonds. The first-order valence-corrected chi connectivity index (χ1v) is 6.06. The van der Waals surface area contributed by atoms with E-state index in [9.17, 15) is 9.59 Å². The lowest BCUT2D eigenvalue weighted by Crippen LogP contribution is -2.12. The maximum absolute atomic E-state index is 11.5. The Labute approximate surface area is 114 Å². The van der Waals surface area contributed by atoms with Crippen molar-refractivity contribution in [2.45, 2.75) is 12.8 Å². The molecule has 0 fully saturated rings. The van der Waals surface area contributed by atoms with Gasteiger partial charge in [-0.25, -0.2) is 4.79 Å². The van der Waals surface area contributed by atoms with Crippen molar-refractivity contribution in [3.05, 3.63) is 59.0 Å². The van der Waals surface area contributed by atoms with Gasteiger partial charge in [-0.3, -0.25) is 4.79 Å². The fourth-order valence-electron chi connectivity index (χ4n) is 1.54. The molecule has 0 bridgehead atoms. The fourth-order valence-corrected chi connectivity index (χ4v) is 1.77. The van der Waals surface area contributed by atoms with Crippen molar-refractivity contribution >= 4 is 23.5 Å². The van der Waals surface area contributed by atoms with E-state index in [1.54, 1.807) is 12.1 Å². The first-order valence-electron chi connectivity index (χ1n) is 5.69. The molecule has 0 radical (unpaired) electrons. The van der Waals surface area contributed by atoms with Crippen LogP contribution in [0.15, 0.2) is 47.1 Å². The zero-order chi connectivity index (χ0) is 13.7. The molecule has 98 valence electrons. The SMILES string of the molecule is O=C(CCc1ccccc1Cl)OC(=O)c1ccco1. The van der Waals surface area contributed by atoms with E-state index in [-0.39, 0.29) is 12.2 Å². The van der Waals surface area contributed by atoms with E-state index in [1.165, 1.54) is 12.3 Å². The van der Waals surface area contributed by atoms with Crippen LogP contribution in [0.5, 0.6) is 0 Å². The molecule has 2 rings (SSSR count). The van der Waals surface area contributed by atoms with Crippen molar-refractivity contribution in [3.8, 4) is 0 Å². The minimum Gasteiger partial charge on any atom is -0.457 e. The van der Waals surface area contributed by atoms with E-state index in [4.69, 9.17) is 16.0 Å². The molecular formula is C14H11ClO4. The Morgan fingerprint density at radius 1 is 1.16 bits per heavy atom. The summed E-state index contributed by atoms with van der Waals surface area (Å²) < 4.78 is 9.47. The van der Waals surface area contributed by atoms with Crippen molar-refractivity contribution < 1.29 is 18.7 Å². The molecule has 0 spiro atoms. The van der Waals surface area contributed by atoms with Crippen LogP contribution in [0.3, 0.4) is 0 Å². The Bertz CT molecular complexity index is 575. The highest BCUT2D eigenvalue weighted by Crippen LogP contribution is 2.16. The van der Waals surface area contributed by atoms with Gasteiger partial charge in [-0.15, -0.1) is 0 Å². The summed E-state index contributed by atoms with van der Waals surface area (Å²) in [6.07, 6.45) is 1.84. The third kappa shape index (κ3) is 3.69. The monoisotopic (exact) mass is 278 g/mol. The number of carbonyl (C=O) groups excluding carboxylic acids is 2.